The van der Waals surface area contributed by atoms with Crippen LogP contribution in [-0.4, -0.2) is 12.0 Å². The van der Waals surface area contributed by atoms with E-state index in [4.69, 9.17) is 4.74 Å². The summed E-state index contributed by atoms with van der Waals surface area (Å²) in [5.41, 5.74) is 2.55. The van der Waals surface area contributed by atoms with Crippen molar-refractivity contribution in [3.05, 3.63) is 65.1 Å². The van der Waals surface area contributed by atoms with Crippen LogP contribution < -0.4 is 4.74 Å². The van der Waals surface area contributed by atoms with Crippen molar-refractivity contribution in [2.75, 3.05) is 0 Å². The predicted molar refractivity (Wildman–Crippen MR) is 72.3 cm³/mol. The molecule has 0 aromatic heterocycles. The molecule has 2 heterocycles. The number of hydrogen-bond donors (Lipinski definition) is 0. The molecule has 0 bridgehead atoms. The van der Waals surface area contributed by atoms with Gasteiger partial charge in [0.25, 0.3) is 0 Å². The average molecular weight is 249 g/mol. The molecule has 1 spiro atoms. The second kappa shape index (κ2) is 3.32. The molecule has 0 fully saturated rings. The zero-order valence-electron chi connectivity index (χ0n) is 10.4. The van der Waals surface area contributed by atoms with Crippen LogP contribution in [0.5, 0.6) is 5.75 Å². The summed E-state index contributed by atoms with van der Waals surface area (Å²) in [5.74, 6) is 1.44. The van der Waals surface area contributed by atoms with Gasteiger partial charge < -0.3 is 4.74 Å². The number of ether oxygens (including phenoxy) is 1. The van der Waals surface area contributed by atoms with Gasteiger partial charge in [-0.3, -0.25) is 9.79 Å². The van der Waals surface area contributed by atoms with Gasteiger partial charge in [0.05, 0.1) is 5.41 Å². The molecule has 1 aromatic carbocycles. The number of carbonyl (C=O) groups is 1. The monoisotopic (exact) mass is 249 g/mol. The van der Waals surface area contributed by atoms with E-state index in [-0.39, 0.29) is 5.78 Å². The highest BCUT2D eigenvalue weighted by Crippen LogP contribution is 2.51. The van der Waals surface area contributed by atoms with Crippen molar-refractivity contribution in [2.24, 2.45) is 4.99 Å². The minimum Gasteiger partial charge on any atom is -0.460 e. The van der Waals surface area contributed by atoms with E-state index in [2.05, 4.69) is 11.1 Å². The van der Waals surface area contributed by atoms with Crippen LogP contribution in [0.15, 0.2) is 59.0 Å². The maximum atomic E-state index is 11.6. The Balaban J connectivity index is 2.12. The lowest BCUT2D eigenvalue weighted by atomic mass is 9.75. The molecule has 2 aliphatic heterocycles. The number of aliphatic imine (C=N–C) groups is 1. The second-order valence-corrected chi connectivity index (χ2v) is 4.98. The van der Waals surface area contributed by atoms with Crippen molar-refractivity contribution in [3.63, 3.8) is 0 Å². The molecule has 3 heteroatoms. The van der Waals surface area contributed by atoms with Gasteiger partial charge in [-0.15, -0.1) is 0 Å². The fourth-order valence-corrected chi connectivity index (χ4v) is 2.94. The summed E-state index contributed by atoms with van der Waals surface area (Å²) in [5, 5.41) is 0. The van der Waals surface area contributed by atoms with Crippen LogP contribution in [0.3, 0.4) is 0 Å². The summed E-state index contributed by atoms with van der Waals surface area (Å²) in [6.45, 7) is 1.96. The van der Waals surface area contributed by atoms with E-state index in [9.17, 15) is 4.79 Å². The third-order valence-electron chi connectivity index (χ3n) is 3.73. The highest BCUT2D eigenvalue weighted by atomic mass is 16.5. The van der Waals surface area contributed by atoms with E-state index in [0.29, 0.717) is 5.76 Å². The first kappa shape index (κ1) is 10.5. The number of ketones is 1. The van der Waals surface area contributed by atoms with Crippen LogP contribution in [0.2, 0.25) is 0 Å². The van der Waals surface area contributed by atoms with Gasteiger partial charge in [-0.2, -0.15) is 0 Å². The number of benzene rings is 1. The SMILES string of the molecule is CC1=CC23C=CC(=O)C=C2Oc2cccc(c23)C=N1. The molecule has 0 saturated heterocycles. The van der Waals surface area contributed by atoms with E-state index in [1.165, 1.54) is 0 Å². The fraction of sp³-hybridized carbons (Fsp3) is 0.125. The van der Waals surface area contributed by atoms with Gasteiger partial charge in [0.2, 0.25) is 0 Å². The molecular weight excluding hydrogens is 238 g/mol. The molecule has 92 valence electrons. The third kappa shape index (κ3) is 1.27. The van der Waals surface area contributed by atoms with Gasteiger partial charge in [-0.05, 0) is 25.1 Å². The minimum absolute atomic E-state index is 0.0359. The summed E-state index contributed by atoms with van der Waals surface area (Å²) in [7, 11) is 0. The Morgan fingerprint density at radius 3 is 3.11 bits per heavy atom. The number of rotatable bonds is 0. The Bertz CT molecular complexity index is 737. The summed E-state index contributed by atoms with van der Waals surface area (Å²) in [6, 6.07) is 5.89. The first-order valence-corrected chi connectivity index (χ1v) is 6.19. The Hall–Kier alpha value is -2.42. The highest BCUT2D eigenvalue weighted by Gasteiger charge is 2.46. The summed E-state index contributed by atoms with van der Waals surface area (Å²) >= 11 is 0. The van der Waals surface area contributed by atoms with Gasteiger partial charge >= 0.3 is 0 Å². The standard InChI is InChI=1S/C16H11NO2/c1-10-8-16-6-5-12(18)7-14(16)19-13-4-2-3-11(9-17-10)15(13)16/h2-9H,1H3. The lowest BCUT2D eigenvalue weighted by Crippen LogP contribution is -2.25. The zero-order chi connectivity index (χ0) is 13.0. The second-order valence-electron chi connectivity index (χ2n) is 4.98. The van der Waals surface area contributed by atoms with Crippen LogP contribution in [0.25, 0.3) is 0 Å². The molecule has 1 atom stereocenters. The summed E-state index contributed by atoms with van der Waals surface area (Å²) in [4.78, 5) is 16.0. The lowest BCUT2D eigenvalue weighted by molar-refractivity contribution is -0.110. The van der Waals surface area contributed by atoms with Crippen LogP contribution in [0.1, 0.15) is 18.1 Å². The van der Waals surface area contributed by atoms with Gasteiger partial charge in [-0.1, -0.05) is 18.2 Å². The van der Waals surface area contributed by atoms with E-state index in [0.717, 1.165) is 22.6 Å². The molecular formula is C16H11NO2. The molecule has 0 radical (unpaired) electrons. The maximum absolute atomic E-state index is 11.6. The van der Waals surface area contributed by atoms with Crippen molar-refractivity contribution in [2.45, 2.75) is 12.3 Å². The largest absolute Gasteiger partial charge is 0.460 e. The Kier molecular flexibility index (Phi) is 1.83. The molecule has 3 nitrogen and oxygen atoms in total. The van der Waals surface area contributed by atoms with Crippen LogP contribution in [-0.2, 0) is 10.2 Å². The van der Waals surface area contributed by atoms with Gasteiger partial charge in [-0.25, -0.2) is 0 Å². The minimum atomic E-state index is -0.472. The zero-order valence-corrected chi connectivity index (χ0v) is 10.4. The van der Waals surface area contributed by atoms with Crippen molar-refractivity contribution in [1.82, 2.24) is 0 Å². The number of carbonyl (C=O) groups excluding carboxylic acids is 1. The Morgan fingerprint density at radius 1 is 1.32 bits per heavy atom. The van der Waals surface area contributed by atoms with E-state index < -0.39 is 5.41 Å². The molecule has 1 unspecified atom stereocenters. The van der Waals surface area contributed by atoms with E-state index >= 15 is 0 Å². The molecule has 0 amide bonds. The first-order chi connectivity index (χ1) is 9.19. The van der Waals surface area contributed by atoms with Gasteiger partial charge in [0.15, 0.2) is 5.78 Å². The normalized spacial score (nSPS) is 26.1. The van der Waals surface area contributed by atoms with Crippen molar-refractivity contribution < 1.29 is 9.53 Å². The molecule has 4 rings (SSSR count). The highest BCUT2D eigenvalue weighted by molar-refractivity contribution is 6.02. The number of nitrogens with zero attached hydrogens (tertiary/aromatic N) is 1. The van der Waals surface area contributed by atoms with E-state index in [1.807, 2.05) is 37.4 Å². The third-order valence-corrected chi connectivity index (χ3v) is 3.73. The van der Waals surface area contributed by atoms with Gasteiger partial charge in [0.1, 0.15) is 11.5 Å². The number of allylic oxidation sites excluding steroid dienone is 4. The quantitative estimate of drug-likeness (QED) is 0.709. The van der Waals surface area contributed by atoms with Crippen LogP contribution >= 0.6 is 0 Å². The average Bonchev–Trinajstić information content (AvgIpc) is 2.62. The molecule has 3 aliphatic rings. The van der Waals surface area contributed by atoms with Crippen molar-refractivity contribution in [3.8, 4) is 5.75 Å². The van der Waals surface area contributed by atoms with Gasteiger partial charge in [0, 0.05) is 29.1 Å². The fourth-order valence-electron chi connectivity index (χ4n) is 2.94. The molecule has 0 saturated carbocycles. The van der Waals surface area contributed by atoms with E-state index in [1.54, 1.807) is 12.2 Å². The molecule has 1 aromatic rings. The summed E-state index contributed by atoms with van der Waals surface area (Å²) < 4.78 is 5.88. The first-order valence-electron chi connectivity index (χ1n) is 6.19. The molecule has 1 aliphatic carbocycles. The van der Waals surface area contributed by atoms with Crippen LogP contribution in [0.4, 0.5) is 0 Å². The smallest absolute Gasteiger partial charge is 0.181 e. The Labute approximate surface area is 110 Å². The lowest BCUT2D eigenvalue weighted by Gasteiger charge is -2.24. The topological polar surface area (TPSA) is 38.7 Å². The molecule has 19 heavy (non-hydrogen) atoms. The van der Waals surface area contributed by atoms with Crippen LogP contribution in [0, 0.1) is 0 Å². The Morgan fingerprint density at radius 2 is 2.21 bits per heavy atom. The van der Waals surface area contributed by atoms with Crippen molar-refractivity contribution in [1.29, 1.82) is 0 Å². The van der Waals surface area contributed by atoms with Crippen molar-refractivity contribution >= 4 is 12.0 Å². The molecule has 0 N–H and O–H groups in total. The summed E-state index contributed by atoms with van der Waals surface area (Å²) in [6.07, 6.45) is 9.00. The predicted octanol–water partition coefficient (Wildman–Crippen LogP) is 2.68. The number of hydrogen-bond acceptors (Lipinski definition) is 3. The maximum Gasteiger partial charge on any atom is 0.181 e.